The van der Waals surface area contributed by atoms with Crippen molar-refractivity contribution in [1.29, 1.82) is 0 Å². The summed E-state index contributed by atoms with van der Waals surface area (Å²) < 4.78 is 10.6. The summed E-state index contributed by atoms with van der Waals surface area (Å²) in [4.78, 5) is 20.2. The fourth-order valence-electron chi connectivity index (χ4n) is 2.53. The second-order valence-electron chi connectivity index (χ2n) is 5.81. The summed E-state index contributed by atoms with van der Waals surface area (Å²) in [5, 5.41) is 16.0. The van der Waals surface area contributed by atoms with Crippen molar-refractivity contribution in [3.05, 3.63) is 42.5 Å². The Kier molecular flexibility index (Phi) is 5.25. The highest BCUT2D eigenvalue weighted by molar-refractivity contribution is 5.92. The van der Waals surface area contributed by atoms with Crippen LogP contribution in [0.1, 0.15) is 6.92 Å². The summed E-state index contributed by atoms with van der Waals surface area (Å²) in [5.41, 5.74) is 1.34. The third kappa shape index (κ3) is 4.00. The van der Waals surface area contributed by atoms with Gasteiger partial charge in [-0.3, -0.25) is 4.79 Å². The smallest absolute Gasteiger partial charge is 0.325 e. The molecule has 2 aromatic carbocycles. The molecule has 3 aromatic rings. The predicted octanol–water partition coefficient (Wildman–Crippen LogP) is 3.28. The molecule has 3 rings (SSSR count). The summed E-state index contributed by atoms with van der Waals surface area (Å²) >= 11 is 0. The highest BCUT2D eigenvalue weighted by atomic mass is 16.5. The largest absolute Gasteiger partial charge is 0.497 e. The third-order valence-corrected chi connectivity index (χ3v) is 3.98. The molecule has 1 aromatic heterocycles. The van der Waals surface area contributed by atoms with E-state index in [-0.39, 0.29) is 0 Å². The van der Waals surface area contributed by atoms with E-state index in [9.17, 15) is 9.90 Å². The summed E-state index contributed by atoms with van der Waals surface area (Å²) in [6.45, 7) is 1.55. The molecule has 8 heteroatoms. The van der Waals surface area contributed by atoms with Gasteiger partial charge in [-0.25, -0.2) is 4.98 Å². The fraction of sp³-hybridized carbons (Fsp3) is 0.211. The van der Waals surface area contributed by atoms with Crippen molar-refractivity contribution in [2.75, 3.05) is 24.9 Å². The number of carboxylic acid groups (broad SMARTS) is 1. The van der Waals surface area contributed by atoms with Gasteiger partial charge in [0.05, 0.1) is 25.4 Å². The van der Waals surface area contributed by atoms with Crippen molar-refractivity contribution in [3.8, 4) is 11.5 Å². The van der Waals surface area contributed by atoms with Gasteiger partial charge in [-0.1, -0.05) is 12.1 Å². The van der Waals surface area contributed by atoms with Gasteiger partial charge in [-0.15, -0.1) is 0 Å². The number of methoxy groups -OCH3 is 2. The number of nitrogens with one attached hydrogen (secondary N) is 2. The van der Waals surface area contributed by atoms with E-state index in [1.807, 2.05) is 24.3 Å². The van der Waals surface area contributed by atoms with Gasteiger partial charge in [-0.2, -0.15) is 4.98 Å². The number of hydrogen-bond acceptors (Lipinski definition) is 7. The topological polar surface area (TPSA) is 106 Å². The average Bonchev–Trinajstić information content (AvgIpc) is 2.68. The number of hydrogen-bond donors (Lipinski definition) is 3. The number of carbonyl (C=O) groups is 1. The number of nitrogens with zero attached hydrogens (tertiary/aromatic N) is 2. The Morgan fingerprint density at radius 1 is 1.11 bits per heavy atom. The first-order chi connectivity index (χ1) is 13.0. The molecule has 8 nitrogen and oxygen atoms in total. The van der Waals surface area contributed by atoms with Gasteiger partial charge in [0.15, 0.2) is 0 Å². The number of fused-ring (bicyclic) bond motifs is 1. The predicted molar refractivity (Wildman–Crippen MR) is 103 cm³/mol. The number of benzene rings is 2. The van der Waals surface area contributed by atoms with Crippen LogP contribution < -0.4 is 20.1 Å². The van der Waals surface area contributed by atoms with Crippen molar-refractivity contribution in [1.82, 2.24) is 9.97 Å². The molecule has 0 bridgehead atoms. The standard InChI is InChI=1S/C19H20N4O4/c1-11(18(24)25)20-17-13-6-4-5-7-14(13)21-19(23-17)22-15-9-8-12(26-2)10-16(15)27-3/h4-11H,1-3H3,(H,24,25)(H2,20,21,22,23). The van der Waals surface area contributed by atoms with E-state index in [0.29, 0.717) is 34.5 Å². The molecule has 140 valence electrons. The highest BCUT2D eigenvalue weighted by Crippen LogP contribution is 2.32. The fourth-order valence-corrected chi connectivity index (χ4v) is 2.53. The maximum Gasteiger partial charge on any atom is 0.325 e. The molecule has 0 radical (unpaired) electrons. The lowest BCUT2D eigenvalue weighted by Gasteiger charge is -2.15. The molecule has 0 saturated carbocycles. The maximum absolute atomic E-state index is 11.2. The molecule has 1 atom stereocenters. The van der Waals surface area contributed by atoms with E-state index in [1.165, 1.54) is 0 Å². The van der Waals surface area contributed by atoms with Gasteiger partial charge >= 0.3 is 5.97 Å². The van der Waals surface area contributed by atoms with Gasteiger partial charge in [0, 0.05) is 11.5 Å². The summed E-state index contributed by atoms with van der Waals surface area (Å²) in [6.07, 6.45) is 0. The quantitative estimate of drug-likeness (QED) is 0.583. The average molecular weight is 368 g/mol. The number of anilines is 3. The van der Waals surface area contributed by atoms with E-state index in [4.69, 9.17) is 9.47 Å². The lowest BCUT2D eigenvalue weighted by atomic mass is 10.2. The first-order valence-corrected chi connectivity index (χ1v) is 8.27. The van der Waals surface area contributed by atoms with Crippen LogP contribution in [0.3, 0.4) is 0 Å². The molecule has 0 fully saturated rings. The first-order valence-electron chi connectivity index (χ1n) is 8.27. The summed E-state index contributed by atoms with van der Waals surface area (Å²) in [6, 6.07) is 11.9. The minimum atomic E-state index is -0.968. The lowest BCUT2D eigenvalue weighted by molar-refractivity contribution is -0.137. The van der Waals surface area contributed by atoms with Crippen LogP contribution in [0.2, 0.25) is 0 Å². The van der Waals surface area contributed by atoms with Crippen molar-refractivity contribution < 1.29 is 19.4 Å². The molecular weight excluding hydrogens is 348 g/mol. The Bertz CT molecular complexity index is 977. The summed E-state index contributed by atoms with van der Waals surface area (Å²) in [5.74, 6) is 1.01. The van der Waals surface area contributed by atoms with Crippen molar-refractivity contribution >= 4 is 34.3 Å². The van der Waals surface area contributed by atoms with Crippen molar-refractivity contribution in [2.24, 2.45) is 0 Å². The number of aliphatic carboxylic acids is 1. The van der Waals surface area contributed by atoms with Gasteiger partial charge in [0.25, 0.3) is 0 Å². The second-order valence-corrected chi connectivity index (χ2v) is 5.81. The van der Waals surface area contributed by atoms with Crippen LogP contribution >= 0.6 is 0 Å². The van der Waals surface area contributed by atoms with Crippen LogP contribution in [-0.4, -0.2) is 41.3 Å². The van der Waals surface area contributed by atoms with Gasteiger partial charge in [0.2, 0.25) is 5.95 Å². The number of para-hydroxylation sites is 1. The monoisotopic (exact) mass is 368 g/mol. The zero-order valence-electron chi connectivity index (χ0n) is 15.2. The Morgan fingerprint density at radius 2 is 1.89 bits per heavy atom. The van der Waals surface area contributed by atoms with Crippen LogP contribution in [0.4, 0.5) is 17.5 Å². The molecule has 1 heterocycles. The van der Waals surface area contributed by atoms with Crippen molar-refractivity contribution in [3.63, 3.8) is 0 Å². The van der Waals surface area contributed by atoms with E-state index >= 15 is 0 Å². The van der Waals surface area contributed by atoms with E-state index in [1.54, 1.807) is 39.3 Å². The zero-order chi connectivity index (χ0) is 19.4. The van der Waals surface area contributed by atoms with Gasteiger partial charge < -0.3 is 25.2 Å². The number of ether oxygens (including phenoxy) is 2. The molecule has 0 spiro atoms. The van der Waals surface area contributed by atoms with Gasteiger partial charge in [-0.05, 0) is 31.2 Å². The molecule has 3 N–H and O–H groups in total. The van der Waals surface area contributed by atoms with Crippen molar-refractivity contribution in [2.45, 2.75) is 13.0 Å². The minimum Gasteiger partial charge on any atom is -0.497 e. The molecular formula is C19H20N4O4. The minimum absolute atomic E-state index is 0.317. The van der Waals surface area contributed by atoms with E-state index < -0.39 is 12.0 Å². The highest BCUT2D eigenvalue weighted by Gasteiger charge is 2.15. The summed E-state index contributed by atoms with van der Waals surface area (Å²) in [7, 11) is 3.14. The molecule has 0 aliphatic carbocycles. The van der Waals surface area contributed by atoms with E-state index in [0.717, 1.165) is 5.39 Å². The van der Waals surface area contributed by atoms with Crippen LogP contribution in [-0.2, 0) is 4.79 Å². The zero-order valence-corrected chi connectivity index (χ0v) is 15.2. The molecule has 27 heavy (non-hydrogen) atoms. The molecule has 0 aliphatic rings. The molecule has 1 unspecified atom stereocenters. The lowest BCUT2D eigenvalue weighted by Crippen LogP contribution is -2.26. The SMILES string of the molecule is COc1ccc(Nc2nc(NC(C)C(=O)O)c3ccccc3n2)c(OC)c1. The normalized spacial score (nSPS) is 11.7. The Balaban J connectivity index is 2.01. The Hall–Kier alpha value is -3.55. The molecule has 0 aliphatic heterocycles. The molecule has 0 saturated heterocycles. The van der Waals surface area contributed by atoms with E-state index in [2.05, 4.69) is 20.6 Å². The Labute approximate surface area is 156 Å². The van der Waals surface area contributed by atoms with Crippen LogP contribution in [0.5, 0.6) is 11.5 Å². The third-order valence-electron chi connectivity index (χ3n) is 3.98. The van der Waals surface area contributed by atoms with Crippen LogP contribution in [0, 0.1) is 0 Å². The van der Waals surface area contributed by atoms with Crippen LogP contribution in [0.15, 0.2) is 42.5 Å². The second kappa shape index (κ2) is 7.77. The number of rotatable bonds is 7. The molecule has 0 amide bonds. The van der Waals surface area contributed by atoms with Crippen LogP contribution in [0.25, 0.3) is 10.9 Å². The number of carboxylic acids is 1. The maximum atomic E-state index is 11.2. The first kappa shape index (κ1) is 18.2. The number of aromatic nitrogens is 2. The van der Waals surface area contributed by atoms with Gasteiger partial charge in [0.1, 0.15) is 23.4 Å². The Morgan fingerprint density at radius 3 is 2.59 bits per heavy atom.